The summed E-state index contributed by atoms with van der Waals surface area (Å²) in [6.45, 7) is 0. The first-order valence-corrected chi connectivity index (χ1v) is 8.21. The summed E-state index contributed by atoms with van der Waals surface area (Å²) in [5.41, 5.74) is -1.16. The fourth-order valence-corrected chi connectivity index (χ4v) is 3.06. The highest BCUT2D eigenvalue weighted by atomic mass is 79.9. The zero-order valence-electron chi connectivity index (χ0n) is 11.3. The van der Waals surface area contributed by atoms with Gasteiger partial charge in [0, 0.05) is 4.47 Å². The smallest absolute Gasteiger partial charge is 0.339 e. The van der Waals surface area contributed by atoms with Crippen LogP contribution in [0.15, 0.2) is 51.8 Å². The Bertz CT molecular complexity index is 890. The number of hydrogen-bond donors (Lipinski definition) is 2. The third kappa shape index (κ3) is 3.88. The van der Waals surface area contributed by atoms with E-state index in [0.29, 0.717) is 4.47 Å². The molecule has 0 saturated heterocycles. The zero-order chi connectivity index (χ0) is 17.2. The number of aromatic carboxylic acids is 2. The summed E-state index contributed by atoms with van der Waals surface area (Å²) in [5.74, 6) is -3.00. The molecule has 0 fully saturated rings. The molecule has 0 bridgehead atoms. The minimum Gasteiger partial charge on any atom is -0.478 e. The molecule has 0 atom stereocenters. The molecule has 120 valence electrons. The Labute approximate surface area is 139 Å². The van der Waals surface area contributed by atoms with Crippen LogP contribution in [0, 0.1) is 0 Å². The fourth-order valence-electron chi connectivity index (χ4n) is 1.74. The van der Waals surface area contributed by atoms with Crippen molar-refractivity contribution in [1.29, 1.82) is 0 Å². The van der Waals surface area contributed by atoms with Gasteiger partial charge in [-0.3, -0.25) is 0 Å². The van der Waals surface area contributed by atoms with Crippen LogP contribution in [0.4, 0.5) is 0 Å². The first-order valence-electron chi connectivity index (χ1n) is 6.01. The Morgan fingerprint density at radius 3 is 2.17 bits per heavy atom. The molecule has 0 heterocycles. The lowest BCUT2D eigenvalue weighted by molar-refractivity contribution is 0.0651. The van der Waals surface area contributed by atoms with Crippen molar-refractivity contribution < 1.29 is 32.4 Å². The van der Waals surface area contributed by atoms with Gasteiger partial charge >= 0.3 is 22.1 Å². The van der Waals surface area contributed by atoms with Gasteiger partial charge in [0.2, 0.25) is 0 Å². The zero-order valence-corrected chi connectivity index (χ0v) is 13.7. The molecule has 0 amide bonds. The Morgan fingerprint density at radius 1 is 0.957 bits per heavy atom. The van der Waals surface area contributed by atoms with Crippen LogP contribution in [0.5, 0.6) is 5.75 Å². The normalized spacial score (nSPS) is 11.0. The number of carboxylic acids is 2. The van der Waals surface area contributed by atoms with Crippen molar-refractivity contribution in [3.05, 3.63) is 58.1 Å². The van der Waals surface area contributed by atoms with Crippen molar-refractivity contribution in [1.82, 2.24) is 0 Å². The summed E-state index contributed by atoms with van der Waals surface area (Å²) >= 11 is 3.16. The molecule has 0 unspecified atom stereocenters. The quantitative estimate of drug-likeness (QED) is 0.740. The maximum absolute atomic E-state index is 12.2. The lowest BCUT2D eigenvalue weighted by Gasteiger charge is -2.09. The molecule has 23 heavy (non-hydrogen) atoms. The number of hydrogen-bond acceptors (Lipinski definition) is 5. The Hall–Kier alpha value is -2.39. The molecule has 7 nitrogen and oxygen atoms in total. The SMILES string of the molecule is O=C(O)c1ccc(S(=O)(=O)Oc2cccc(Br)c2)cc1C(=O)O. The summed E-state index contributed by atoms with van der Waals surface area (Å²) in [5, 5.41) is 18.0. The van der Waals surface area contributed by atoms with E-state index in [0.717, 1.165) is 18.2 Å². The lowest BCUT2D eigenvalue weighted by Crippen LogP contribution is -2.13. The molecular formula is C14H9BrO7S. The van der Waals surface area contributed by atoms with Crippen molar-refractivity contribution in [3.8, 4) is 5.75 Å². The van der Waals surface area contributed by atoms with Gasteiger partial charge in [0.15, 0.2) is 0 Å². The predicted molar refractivity (Wildman–Crippen MR) is 82.3 cm³/mol. The minimum atomic E-state index is -4.31. The number of carboxylic acid groups (broad SMARTS) is 2. The molecule has 2 N–H and O–H groups in total. The third-order valence-electron chi connectivity index (χ3n) is 2.74. The molecule has 0 aromatic heterocycles. The average molecular weight is 401 g/mol. The first kappa shape index (κ1) is 17.0. The number of benzene rings is 2. The van der Waals surface area contributed by atoms with Gasteiger partial charge in [0.1, 0.15) is 10.6 Å². The summed E-state index contributed by atoms with van der Waals surface area (Å²) in [6.07, 6.45) is 0. The van der Waals surface area contributed by atoms with E-state index in [-0.39, 0.29) is 5.75 Å². The molecule has 0 spiro atoms. The van der Waals surface area contributed by atoms with Crippen molar-refractivity contribution in [3.63, 3.8) is 0 Å². The second-order valence-corrected chi connectivity index (χ2v) is 6.77. The predicted octanol–water partition coefficient (Wildman–Crippen LogP) is 2.61. The highest BCUT2D eigenvalue weighted by Crippen LogP contribution is 2.23. The standard InChI is InChI=1S/C14H9BrO7S/c15-8-2-1-3-9(6-8)22-23(20,21)10-4-5-11(13(16)17)12(7-10)14(18)19/h1-7H,(H,16,17)(H,18,19). The summed E-state index contributed by atoms with van der Waals surface area (Å²) in [4.78, 5) is 21.6. The van der Waals surface area contributed by atoms with Crippen LogP contribution < -0.4 is 4.18 Å². The van der Waals surface area contributed by atoms with E-state index in [4.69, 9.17) is 14.4 Å². The molecule has 0 aliphatic heterocycles. The van der Waals surface area contributed by atoms with Crippen molar-refractivity contribution in [2.24, 2.45) is 0 Å². The Morgan fingerprint density at radius 2 is 1.61 bits per heavy atom. The topological polar surface area (TPSA) is 118 Å². The Kier molecular flexibility index (Phi) is 4.71. The molecule has 9 heteroatoms. The molecule has 0 aliphatic rings. The van der Waals surface area contributed by atoms with Crippen molar-refractivity contribution in [2.45, 2.75) is 4.90 Å². The van der Waals surface area contributed by atoms with Crippen LogP contribution >= 0.6 is 15.9 Å². The first-order chi connectivity index (χ1) is 10.7. The van der Waals surface area contributed by atoms with E-state index in [1.165, 1.54) is 12.1 Å². The van der Waals surface area contributed by atoms with Gasteiger partial charge in [-0.15, -0.1) is 0 Å². The van der Waals surface area contributed by atoms with Gasteiger partial charge in [-0.05, 0) is 36.4 Å². The maximum atomic E-state index is 12.2. The van der Waals surface area contributed by atoms with E-state index in [9.17, 15) is 18.0 Å². The van der Waals surface area contributed by atoms with Crippen LogP contribution in [0.3, 0.4) is 0 Å². The second kappa shape index (κ2) is 6.39. The van der Waals surface area contributed by atoms with Gasteiger partial charge in [-0.25, -0.2) is 9.59 Å². The molecule has 2 aromatic rings. The molecular weight excluding hydrogens is 392 g/mol. The second-order valence-electron chi connectivity index (χ2n) is 4.31. The van der Waals surface area contributed by atoms with Crippen molar-refractivity contribution in [2.75, 3.05) is 0 Å². The van der Waals surface area contributed by atoms with Crippen LogP contribution in [0.1, 0.15) is 20.7 Å². The van der Waals surface area contributed by atoms with Crippen LogP contribution in [0.2, 0.25) is 0 Å². The minimum absolute atomic E-state index is 0.0264. The monoisotopic (exact) mass is 400 g/mol. The van der Waals surface area contributed by atoms with Crippen LogP contribution in [-0.4, -0.2) is 30.6 Å². The molecule has 2 rings (SSSR count). The van der Waals surface area contributed by atoms with Crippen LogP contribution in [-0.2, 0) is 10.1 Å². The molecule has 2 aromatic carbocycles. The number of carbonyl (C=O) groups is 2. The van der Waals surface area contributed by atoms with E-state index in [2.05, 4.69) is 15.9 Å². The molecule has 0 radical (unpaired) electrons. The molecule has 0 aliphatic carbocycles. The van der Waals surface area contributed by atoms with Gasteiger partial charge in [-0.1, -0.05) is 22.0 Å². The van der Waals surface area contributed by atoms with Gasteiger partial charge < -0.3 is 14.4 Å². The highest BCUT2D eigenvalue weighted by Gasteiger charge is 2.23. The van der Waals surface area contributed by atoms with E-state index >= 15 is 0 Å². The summed E-state index contributed by atoms with van der Waals surface area (Å²) in [7, 11) is -4.31. The van der Waals surface area contributed by atoms with Crippen molar-refractivity contribution >= 4 is 38.0 Å². The summed E-state index contributed by atoms with van der Waals surface area (Å²) in [6, 6.07) is 8.69. The van der Waals surface area contributed by atoms with Gasteiger partial charge in [0.25, 0.3) is 0 Å². The van der Waals surface area contributed by atoms with E-state index < -0.39 is 38.1 Å². The average Bonchev–Trinajstić information content (AvgIpc) is 2.46. The van der Waals surface area contributed by atoms with E-state index in [1.54, 1.807) is 12.1 Å². The lowest BCUT2D eigenvalue weighted by atomic mass is 10.1. The number of rotatable bonds is 5. The largest absolute Gasteiger partial charge is 0.478 e. The number of halogens is 1. The Balaban J connectivity index is 2.46. The fraction of sp³-hybridized carbons (Fsp3) is 0. The molecule has 0 saturated carbocycles. The maximum Gasteiger partial charge on any atom is 0.339 e. The van der Waals surface area contributed by atoms with Gasteiger partial charge in [0.05, 0.1) is 11.1 Å². The van der Waals surface area contributed by atoms with Gasteiger partial charge in [-0.2, -0.15) is 8.42 Å². The third-order valence-corrected chi connectivity index (χ3v) is 4.48. The highest BCUT2D eigenvalue weighted by molar-refractivity contribution is 9.10. The summed E-state index contributed by atoms with van der Waals surface area (Å²) < 4.78 is 29.9. The van der Waals surface area contributed by atoms with Crippen LogP contribution in [0.25, 0.3) is 0 Å². The van der Waals surface area contributed by atoms with E-state index in [1.807, 2.05) is 0 Å².